The van der Waals surface area contributed by atoms with Crippen molar-refractivity contribution in [3.8, 4) is 5.75 Å². The number of nitrogens with zero attached hydrogens (tertiary/aromatic N) is 2. The number of hydrogen-bond acceptors (Lipinski definition) is 3. The predicted octanol–water partition coefficient (Wildman–Crippen LogP) is 2.75. The highest BCUT2D eigenvalue weighted by Gasteiger charge is 2.22. The van der Waals surface area contributed by atoms with Crippen LogP contribution < -0.4 is 10.1 Å². The number of carbonyl (C=O) groups is 1. The third-order valence-electron chi connectivity index (χ3n) is 3.06. The second-order valence-corrected chi connectivity index (χ2v) is 4.38. The molecule has 0 aliphatic rings. The van der Waals surface area contributed by atoms with Crippen LogP contribution >= 0.6 is 0 Å². The van der Waals surface area contributed by atoms with Crippen LogP contribution in [0.4, 0.5) is 14.6 Å². The van der Waals surface area contributed by atoms with Crippen molar-refractivity contribution in [2.45, 2.75) is 20.4 Å². The van der Waals surface area contributed by atoms with Gasteiger partial charge in [-0.2, -0.15) is 5.10 Å². The maximum atomic E-state index is 13.9. The number of aromatic nitrogens is 2. The van der Waals surface area contributed by atoms with Gasteiger partial charge in [0.15, 0.2) is 11.6 Å². The second-order valence-electron chi connectivity index (χ2n) is 4.38. The number of methoxy groups -OCH3 is 1. The van der Waals surface area contributed by atoms with Crippen LogP contribution in [0.15, 0.2) is 18.3 Å². The first kappa shape index (κ1) is 15.0. The van der Waals surface area contributed by atoms with Crippen LogP contribution in [-0.2, 0) is 6.54 Å². The minimum absolute atomic E-state index is 0.0355. The fraction of sp³-hybridized carbons (Fsp3) is 0.286. The lowest BCUT2D eigenvalue weighted by molar-refractivity contribution is 0.101. The summed E-state index contributed by atoms with van der Waals surface area (Å²) in [5.74, 6) is -2.74. The Morgan fingerprint density at radius 1 is 1.43 bits per heavy atom. The number of halogens is 2. The molecule has 21 heavy (non-hydrogen) atoms. The molecule has 0 unspecified atom stereocenters. The molecule has 1 N–H and O–H groups in total. The van der Waals surface area contributed by atoms with Gasteiger partial charge in [-0.1, -0.05) is 0 Å². The highest BCUT2D eigenvalue weighted by Crippen LogP contribution is 2.25. The van der Waals surface area contributed by atoms with Crippen molar-refractivity contribution < 1.29 is 18.3 Å². The van der Waals surface area contributed by atoms with E-state index in [0.717, 1.165) is 11.6 Å². The van der Waals surface area contributed by atoms with Gasteiger partial charge in [0.2, 0.25) is 0 Å². The SMILES string of the molecule is CCn1ncc(C)c1NC(=O)c1c(OC)ccc(F)c1F. The Labute approximate surface area is 120 Å². The normalized spacial score (nSPS) is 10.5. The zero-order valence-electron chi connectivity index (χ0n) is 11.9. The number of benzene rings is 1. The Morgan fingerprint density at radius 3 is 2.76 bits per heavy atom. The molecular weight excluding hydrogens is 280 g/mol. The molecule has 7 heteroatoms. The molecule has 2 aromatic rings. The van der Waals surface area contributed by atoms with Crippen molar-refractivity contribution in [1.29, 1.82) is 0 Å². The van der Waals surface area contributed by atoms with Gasteiger partial charge in [-0.3, -0.25) is 4.79 Å². The Kier molecular flexibility index (Phi) is 4.21. The Balaban J connectivity index is 2.41. The topological polar surface area (TPSA) is 56.2 Å². The third-order valence-corrected chi connectivity index (χ3v) is 3.06. The number of amides is 1. The number of rotatable bonds is 4. The lowest BCUT2D eigenvalue weighted by atomic mass is 10.1. The van der Waals surface area contributed by atoms with Gasteiger partial charge in [-0.15, -0.1) is 0 Å². The van der Waals surface area contributed by atoms with Crippen LogP contribution in [0.2, 0.25) is 0 Å². The van der Waals surface area contributed by atoms with E-state index in [-0.39, 0.29) is 5.75 Å². The Hall–Kier alpha value is -2.44. The van der Waals surface area contributed by atoms with E-state index in [2.05, 4.69) is 10.4 Å². The van der Waals surface area contributed by atoms with Gasteiger partial charge in [0.1, 0.15) is 17.1 Å². The smallest absolute Gasteiger partial charge is 0.263 e. The van der Waals surface area contributed by atoms with E-state index in [9.17, 15) is 13.6 Å². The van der Waals surface area contributed by atoms with Crippen molar-refractivity contribution in [2.75, 3.05) is 12.4 Å². The van der Waals surface area contributed by atoms with E-state index in [1.807, 2.05) is 6.92 Å². The van der Waals surface area contributed by atoms with Gasteiger partial charge in [-0.25, -0.2) is 13.5 Å². The van der Waals surface area contributed by atoms with Crippen LogP contribution in [0.25, 0.3) is 0 Å². The molecule has 1 amide bonds. The lowest BCUT2D eigenvalue weighted by Gasteiger charge is -2.12. The zero-order chi connectivity index (χ0) is 15.6. The van der Waals surface area contributed by atoms with Crippen molar-refractivity contribution in [2.24, 2.45) is 0 Å². The van der Waals surface area contributed by atoms with E-state index in [1.54, 1.807) is 17.8 Å². The molecule has 1 aromatic carbocycles. The van der Waals surface area contributed by atoms with Crippen molar-refractivity contribution >= 4 is 11.7 Å². The van der Waals surface area contributed by atoms with Gasteiger partial charge in [0.25, 0.3) is 5.91 Å². The number of anilines is 1. The van der Waals surface area contributed by atoms with Crippen LogP contribution in [0.5, 0.6) is 5.75 Å². The highest BCUT2D eigenvalue weighted by molar-refractivity contribution is 6.06. The number of aryl methyl sites for hydroxylation is 2. The summed E-state index contributed by atoms with van der Waals surface area (Å²) in [4.78, 5) is 12.2. The monoisotopic (exact) mass is 295 g/mol. The average molecular weight is 295 g/mol. The summed E-state index contributed by atoms with van der Waals surface area (Å²) in [6.45, 7) is 4.14. The molecule has 112 valence electrons. The molecule has 1 aromatic heterocycles. The Bertz CT molecular complexity index is 683. The summed E-state index contributed by atoms with van der Waals surface area (Å²) in [7, 11) is 1.28. The quantitative estimate of drug-likeness (QED) is 0.943. The average Bonchev–Trinajstić information content (AvgIpc) is 2.82. The first-order valence-electron chi connectivity index (χ1n) is 6.35. The van der Waals surface area contributed by atoms with Crippen molar-refractivity contribution in [1.82, 2.24) is 9.78 Å². The highest BCUT2D eigenvalue weighted by atomic mass is 19.2. The largest absolute Gasteiger partial charge is 0.496 e. The van der Waals surface area contributed by atoms with Crippen LogP contribution in [0, 0.1) is 18.6 Å². The van der Waals surface area contributed by atoms with Crippen LogP contribution in [0.3, 0.4) is 0 Å². The molecule has 0 bridgehead atoms. The summed E-state index contributed by atoms with van der Waals surface area (Å²) in [5.41, 5.74) is 0.252. The van der Waals surface area contributed by atoms with E-state index < -0.39 is 23.1 Å². The maximum absolute atomic E-state index is 13.9. The molecule has 0 aliphatic carbocycles. The first-order chi connectivity index (χ1) is 9.99. The molecule has 1 heterocycles. The minimum atomic E-state index is -1.24. The molecule has 0 saturated heterocycles. The number of ether oxygens (including phenoxy) is 1. The van der Waals surface area contributed by atoms with Gasteiger partial charge >= 0.3 is 0 Å². The second kappa shape index (κ2) is 5.90. The molecular formula is C14H15F2N3O2. The van der Waals surface area contributed by atoms with Crippen molar-refractivity contribution in [3.05, 3.63) is 41.1 Å². The predicted molar refractivity (Wildman–Crippen MR) is 73.5 cm³/mol. The van der Waals surface area contributed by atoms with Gasteiger partial charge in [0.05, 0.1) is 13.3 Å². The van der Waals surface area contributed by atoms with Gasteiger partial charge in [0, 0.05) is 12.1 Å². The number of carbonyl (C=O) groups excluding carboxylic acids is 1. The van der Waals surface area contributed by atoms with Crippen LogP contribution in [0.1, 0.15) is 22.8 Å². The molecule has 0 saturated carbocycles. The fourth-order valence-electron chi connectivity index (χ4n) is 1.97. The number of hydrogen-bond donors (Lipinski definition) is 1. The van der Waals surface area contributed by atoms with Crippen molar-refractivity contribution in [3.63, 3.8) is 0 Å². The molecule has 5 nitrogen and oxygen atoms in total. The molecule has 0 fully saturated rings. The standard InChI is InChI=1S/C14H15F2N3O2/c1-4-19-13(8(2)7-17-19)18-14(20)11-10(21-3)6-5-9(15)12(11)16/h5-7H,4H2,1-3H3,(H,18,20). The molecule has 0 spiro atoms. The van der Waals surface area contributed by atoms with E-state index in [0.29, 0.717) is 12.4 Å². The summed E-state index contributed by atoms with van der Waals surface area (Å²) < 4.78 is 33.7. The Morgan fingerprint density at radius 2 is 2.14 bits per heavy atom. The summed E-state index contributed by atoms with van der Waals surface area (Å²) >= 11 is 0. The third kappa shape index (κ3) is 2.72. The van der Waals surface area contributed by atoms with E-state index >= 15 is 0 Å². The van der Waals surface area contributed by atoms with E-state index in [1.165, 1.54) is 13.2 Å². The summed E-state index contributed by atoms with van der Waals surface area (Å²) in [6, 6.07) is 2.11. The first-order valence-corrected chi connectivity index (χ1v) is 6.35. The minimum Gasteiger partial charge on any atom is -0.496 e. The molecule has 0 radical (unpaired) electrons. The maximum Gasteiger partial charge on any atom is 0.263 e. The molecule has 0 aliphatic heterocycles. The number of nitrogens with one attached hydrogen (secondary N) is 1. The summed E-state index contributed by atoms with van der Waals surface area (Å²) in [6.07, 6.45) is 1.58. The van der Waals surface area contributed by atoms with E-state index in [4.69, 9.17) is 4.74 Å². The van der Waals surface area contributed by atoms with Gasteiger partial charge in [-0.05, 0) is 26.0 Å². The van der Waals surface area contributed by atoms with Crippen LogP contribution in [-0.4, -0.2) is 22.8 Å². The lowest BCUT2D eigenvalue weighted by Crippen LogP contribution is -2.19. The molecule has 0 atom stereocenters. The fourth-order valence-corrected chi connectivity index (χ4v) is 1.97. The van der Waals surface area contributed by atoms with Gasteiger partial charge < -0.3 is 10.1 Å². The molecule has 2 rings (SSSR count). The zero-order valence-corrected chi connectivity index (χ0v) is 11.9. The summed E-state index contributed by atoms with van der Waals surface area (Å²) in [5, 5.41) is 6.61.